The molecule has 0 bridgehead atoms. The van der Waals surface area contributed by atoms with Gasteiger partial charge in [0.05, 0.1) is 6.61 Å². The molecule has 0 spiro atoms. The average molecular weight is 242 g/mol. The molecule has 0 aliphatic heterocycles. The van der Waals surface area contributed by atoms with E-state index in [-0.39, 0.29) is 6.61 Å². The summed E-state index contributed by atoms with van der Waals surface area (Å²) in [6.45, 7) is 7.95. The van der Waals surface area contributed by atoms with E-state index >= 15 is 0 Å². The maximum absolute atomic E-state index is 9.11. The molecule has 0 aromatic heterocycles. The molecule has 0 saturated heterocycles. The summed E-state index contributed by atoms with van der Waals surface area (Å²) < 4.78 is 0. The summed E-state index contributed by atoms with van der Waals surface area (Å²) in [7, 11) is 2.09. The van der Waals surface area contributed by atoms with Crippen LogP contribution in [0.15, 0.2) is 0 Å². The Morgan fingerprint density at radius 2 is 2.06 bits per heavy atom. The molecule has 102 valence electrons. The van der Waals surface area contributed by atoms with Crippen LogP contribution < -0.4 is 5.32 Å². The first-order valence-electron chi connectivity index (χ1n) is 7.21. The third kappa shape index (κ3) is 4.94. The number of nitrogens with one attached hydrogen (secondary N) is 1. The number of rotatable bonds is 7. The van der Waals surface area contributed by atoms with E-state index in [0.717, 1.165) is 31.5 Å². The van der Waals surface area contributed by atoms with Crippen LogP contribution in [0.2, 0.25) is 0 Å². The van der Waals surface area contributed by atoms with Crippen molar-refractivity contribution in [2.45, 2.75) is 45.6 Å². The topological polar surface area (TPSA) is 35.5 Å². The average Bonchev–Trinajstić information content (AvgIpc) is 2.30. The molecular formula is C14H30N2O. The van der Waals surface area contributed by atoms with Crippen molar-refractivity contribution < 1.29 is 5.11 Å². The molecule has 1 rings (SSSR count). The van der Waals surface area contributed by atoms with Crippen molar-refractivity contribution in [3.8, 4) is 0 Å². The molecule has 1 saturated carbocycles. The third-order valence-corrected chi connectivity index (χ3v) is 4.06. The molecule has 0 aromatic carbocycles. The fourth-order valence-corrected chi connectivity index (χ4v) is 3.16. The normalized spacial score (nSPS) is 29.8. The van der Waals surface area contributed by atoms with Crippen LogP contribution in [0, 0.1) is 11.8 Å². The third-order valence-electron chi connectivity index (χ3n) is 4.06. The molecular weight excluding hydrogens is 212 g/mol. The van der Waals surface area contributed by atoms with Crippen molar-refractivity contribution in [2.75, 3.05) is 33.3 Å². The van der Waals surface area contributed by atoms with Crippen LogP contribution in [0.1, 0.15) is 39.5 Å². The summed E-state index contributed by atoms with van der Waals surface area (Å²) in [4.78, 5) is 2.42. The second-order valence-corrected chi connectivity index (χ2v) is 5.60. The first kappa shape index (κ1) is 14.9. The van der Waals surface area contributed by atoms with Gasteiger partial charge >= 0.3 is 0 Å². The van der Waals surface area contributed by atoms with Crippen LogP contribution in [-0.4, -0.2) is 49.3 Å². The zero-order valence-electron chi connectivity index (χ0n) is 11.8. The van der Waals surface area contributed by atoms with Crippen molar-refractivity contribution in [3.05, 3.63) is 0 Å². The molecule has 0 aromatic rings. The van der Waals surface area contributed by atoms with E-state index in [1.807, 2.05) is 0 Å². The standard InChI is InChI=1S/C14H30N2O/c1-4-7-16(8-9-17)11-13-10-12(2)5-6-14(13)15-3/h12-15,17H,4-11H2,1-3H3. The van der Waals surface area contributed by atoms with Gasteiger partial charge in [-0.2, -0.15) is 0 Å². The minimum absolute atomic E-state index is 0.284. The lowest BCUT2D eigenvalue weighted by Gasteiger charge is -2.37. The van der Waals surface area contributed by atoms with Gasteiger partial charge in [0.2, 0.25) is 0 Å². The zero-order valence-corrected chi connectivity index (χ0v) is 11.8. The number of aliphatic hydroxyl groups excluding tert-OH is 1. The summed E-state index contributed by atoms with van der Waals surface area (Å²) in [5.74, 6) is 1.61. The van der Waals surface area contributed by atoms with E-state index in [1.165, 1.54) is 25.7 Å². The maximum Gasteiger partial charge on any atom is 0.0558 e. The minimum Gasteiger partial charge on any atom is -0.395 e. The first-order valence-corrected chi connectivity index (χ1v) is 7.21. The molecule has 1 aliphatic rings. The van der Waals surface area contributed by atoms with E-state index < -0.39 is 0 Å². The van der Waals surface area contributed by atoms with Gasteiger partial charge in [-0.25, -0.2) is 0 Å². The highest BCUT2D eigenvalue weighted by molar-refractivity contribution is 4.84. The highest BCUT2D eigenvalue weighted by Gasteiger charge is 2.28. The van der Waals surface area contributed by atoms with Crippen LogP contribution in [0.4, 0.5) is 0 Å². The Morgan fingerprint density at radius 1 is 1.29 bits per heavy atom. The van der Waals surface area contributed by atoms with Gasteiger partial charge in [-0.05, 0) is 51.1 Å². The number of nitrogens with zero attached hydrogens (tertiary/aromatic N) is 1. The van der Waals surface area contributed by atoms with E-state index in [0.29, 0.717) is 6.04 Å². The lowest BCUT2D eigenvalue weighted by atomic mass is 9.78. The van der Waals surface area contributed by atoms with Gasteiger partial charge in [0, 0.05) is 19.1 Å². The summed E-state index contributed by atoms with van der Waals surface area (Å²) in [6.07, 6.45) is 5.17. The van der Waals surface area contributed by atoms with Gasteiger partial charge in [-0.3, -0.25) is 0 Å². The highest BCUT2D eigenvalue weighted by Crippen LogP contribution is 2.29. The van der Waals surface area contributed by atoms with E-state index in [2.05, 4.69) is 31.1 Å². The monoisotopic (exact) mass is 242 g/mol. The molecule has 3 heteroatoms. The zero-order chi connectivity index (χ0) is 12.7. The Bertz CT molecular complexity index is 193. The largest absolute Gasteiger partial charge is 0.395 e. The molecule has 0 amide bonds. The predicted molar refractivity (Wildman–Crippen MR) is 73.2 cm³/mol. The predicted octanol–water partition coefficient (Wildman–Crippen LogP) is 1.71. The SMILES string of the molecule is CCCN(CCO)CC1CC(C)CCC1NC. The number of hydrogen-bond acceptors (Lipinski definition) is 3. The van der Waals surface area contributed by atoms with Crippen LogP contribution in [0.5, 0.6) is 0 Å². The highest BCUT2D eigenvalue weighted by atomic mass is 16.3. The van der Waals surface area contributed by atoms with Crippen LogP contribution >= 0.6 is 0 Å². The van der Waals surface area contributed by atoms with Crippen molar-refractivity contribution >= 4 is 0 Å². The number of hydrogen-bond donors (Lipinski definition) is 2. The Labute approximate surface area is 107 Å². The Hall–Kier alpha value is -0.120. The van der Waals surface area contributed by atoms with Crippen LogP contribution in [-0.2, 0) is 0 Å². The van der Waals surface area contributed by atoms with E-state index in [9.17, 15) is 0 Å². The van der Waals surface area contributed by atoms with Gasteiger partial charge < -0.3 is 15.3 Å². The second kappa shape index (κ2) is 8.06. The maximum atomic E-state index is 9.11. The van der Waals surface area contributed by atoms with Gasteiger partial charge in [0.15, 0.2) is 0 Å². The Balaban J connectivity index is 2.48. The molecule has 3 atom stereocenters. The summed E-state index contributed by atoms with van der Waals surface area (Å²) in [6, 6.07) is 0.671. The van der Waals surface area contributed by atoms with Crippen molar-refractivity contribution in [3.63, 3.8) is 0 Å². The molecule has 2 N–H and O–H groups in total. The van der Waals surface area contributed by atoms with Crippen molar-refractivity contribution in [2.24, 2.45) is 11.8 Å². The molecule has 1 aliphatic carbocycles. The minimum atomic E-state index is 0.284. The Kier molecular flexibility index (Phi) is 7.09. The molecule has 0 heterocycles. The van der Waals surface area contributed by atoms with Gasteiger partial charge in [0.25, 0.3) is 0 Å². The molecule has 3 unspecified atom stereocenters. The lowest BCUT2D eigenvalue weighted by Crippen LogP contribution is -2.45. The van der Waals surface area contributed by atoms with Crippen LogP contribution in [0.3, 0.4) is 0 Å². The summed E-state index contributed by atoms with van der Waals surface area (Å²) >= 11 is 0. The second-order valence-electron chi connectivity index (χ2n) is 5.60. The van der Waals surface area contributed by atoms with E-state index in [4.69, 9.17) is 5.11 Å². The fourth-order valence-electron chi connectivity index (χ4n) is 3.16. The molecule has 0 radical (unpaired) electrons. The van der Waals surface area contributed by atoms with E-state index in [1.54, 1.807) is 0 Å². The molecule has 3 nitrogen and oxygen atoms in total. The van der Waals surface area contributed by atoms with Gasteiger partial charge in [0.1, 0.15) is 0 Å². The Morgan fingerprint density at radius 3 is 2.65 bits per heavy atom. The fraction of sp³-hybridized carbons (Fsp3) is 1.00. The molecule has 17 heavy (non-hydrogen) atoms. The first-order chi connectivity index (χ1) is 8.21. The van der Waals surface area contributed by atoms with Gasteiger partial charge in [-0.15, -0.1) is 0 Å². The summed E-state index contributed by atoms with van der Waals surface area (Å²) in [5.41, 5.74) is 0. The lowest BCUT2D eigenvalue weighted by molar-refractivity contribution is 0.128. The van der Waals surface area contributed by atoms with Gasteiger partial charge in [-0.1, -0.05) is 13.8 Å². The van der Waals surface area contributed by atoms with Crippen molar-refractivity contribution in [1.29, 1.82) is 0 Å². The molecule has 1 fully saturated rings. The van der Waals surface area contributed by atoms with Crippen LogP contribution in [0.25, 0.3) is 0 Å². The van der Waals surface area contributed by atoms with Crippen molar-refractivity contribution in [1.82, 2.24) is 10.2 Å². The quantitative estimate of drug-likeness (QED) is 0.713. The number of aliphatic hydroxyl groups is 1. The summed E-state index contributed by atoms with van der Waals surface area (Å²) in [5, 5.41) is 12.6. The smallest absolute Gasteiger partial charge is 0.0558 e.